The molecule has 2 bridgehead atoms. The molecule has 8 atom stereocenters. The van der Waals surface area contributed by atoms with Crippen LogP contribution in [0.2, 0.25) is 0 Å². The van der Waals surface area contributed by atoms with E-state index >= 15 is 0 Å². The quantitative estimate of drug-likeness (QED) is 0.292. The van der Waals surface area contributed by atoms with Crippen molar-refractivity contribution in [2.45, 2.75) is 80.1 Å². The third kappa shape index (κ3) is 3.63. The first-order valence-corrected chi connectivity index (χ1v) is 14.2. The number of fused-ring (bicyclic) bond motifs is 1. The van der Waals surface area contributed by atoms with Crippen LogP contribution in [0.15, 0.2) is 35.9 Å². The van der Waals surface area contributed by atoms with Gasteiger partial charge < -0.3 is 25.5 Å². The van der Waals surface area contributed by atoms with Crippen molar-refractivity contribution in [1.29, 1.82) is 0 Å². The highest BCUT2D eigenvalue weighted by atomic mass is 35.5. The third-order valence-corrected chi connectivity index (χ3v) is 10.9. The van der Waals surface area contributed by atoms with Gasteiger partial charge in [0, 0.05) is 6.04 Å². The number of nitrogens with zero attached hydrogens (tertiary/aromatic N) is 2. The smallest absolute Gasteiger partial charge is 0.198 e. The van der Waals surface area contributed by atoms with E-state index in [1.807, 2.05) is 6.07 Å². The van der Waals surface area contributed by atoms with Crippen LogP contribution in [0, 0.1) is 11.8 Å². The molecule has 3 heterocycles. The van der Waals surface area contributed by atoms with E-state index in [1.165, 1.54) is 5.57 Å². The molecule has 0 amide bonds. The molecular formula is C28H38ClN4O2P. The predicted molar refractivity (Wildman–Crippen MR) is 150 cm³/mol. The molecule has 8 heteroatoms. The zero-order valence-corrected chi connectivity index (χ0v) is 23.3. The fourth-order valence-corrected chi connectivity index (χ4v) is 8.55. The molecule has 6 rings (SSSR count). The summed E-state index contributed by atoms with van der Waals surface area (Å²) < 4.78 is 7.29. The number of nitrogens with one attached hydrogen (secondary N) is 1. The molecule has 2 aromatic rings. The highest BCUT2D eigenvalue weighted by Gasteiger charge is 2.69. The van der Waals surface area contributed by atoms with Crippen LogP contribution in [-0.2, 0) is 4.74 Å². The number of alkyl halides is 1. The maximum Gasteiger partial charge on any atom is 0.198 e. The number of likely N-dealkylation sites (N-methyl/N-ethyl adjacent to an activating group) is 1. The van der Waals surface area contributed by atoms with Gasteiger partial charge in [-0.2, -0.15) is 0 Å². The van der Waals surface area contributed by atoms with Crippen molar-refractivity contribution in [2.24, 2.45) is 11.8 Å². The Morgan fingerprint density at radius 3 is 2.94 bits per heavy atom. The van der Waals surface area contributed by atoms with Crippen molar-refractivity contribution >= 4 is 43.1 Å². The van der Waals surface area contributed by atoms with Crippen LogP contribution in [0.4, 0.5) is 5.95 Å². The minimum atomic E-state index is -0.509. The van der Waals surface area contributed by atoms with E-state index in [0.29, 0.717) is 24.2 Å². The van der Waals surface area contributed by atoms with E-state index in [9.17, 15) is 5.11 Å². The lowest BCUT2D eigenvalue weighted by molar-refractivity contribution is -0.182. The lowest BCUT2D eigenvalue weighted by Crippen LogP contribution is -2.64. The van der Waals surface area contributed by atoms with Crippen LogP contribution in [0.1, 0.15) is 57.4 Å². The number of aliphatic hydroxyl groups excluding tert-OH is 1. The Bertz CT molecular complexity index is 1260. The van der Waals surface area contributed by atoms with Crippen LogP contribution in [0.25, 0.3) is 16.3 Å². The molecule has 4 aliphatic rings. The van der Waals surface area contributed by atoms with Crippen molar-refractivity contribution in [3.63, 3.8) is 0 Å². The zero-order valence-electron chi connectivity index (χ0n) is 21.4. The Morgan fingerprint density at radius 1 is 1.36 bits per heavy atom. The number of nitrogens with two attached hydrogens (primary N) is 1. The Morgan fingerprint density at radius 2 is 2.17 bits per heavy atom. The van der Waals surface area contributed by atoms with Gasteiger partial charge in [-0.05, 0) is 99.5 Å². The second-order valence-electron chi connectivity index (χ2n) is 11.9. The molecule has 0 radical (unpaired) electrons. The van der Waals surface area contributed by atoms with Gasteiger partial charge in [-0.15, -0.1) is 20.8 Å². The number of aromatic amines is 1. The fourth-order valence-electron chi connectivity index (χ4n) is 7.72. The fraction of sp³-hybridized carbons (Fsp3) is 0.607. The SMILES string of the molecule is CC1CCC2(Cl)C=C3CC(O)[C@@H](N(C)C)C[C@]34CC[C@]2(O4)C1C/C=C(\P)c1ccc2nc(N)[nH]c2c1. The number of aliphatic hydroxyl groups is 1. The van der Waals surface area contributed by atoms with Crippen LogP contribution in [-0.4, -0.2) is 62.3 Å². The summed E-state index contributed by atoms with van der Waals surface area (Å²) in [4.78, 5) is 9.09. The number of halogens is 1. The van der Waals surface area contributed by atoms with Crippen molar-refractivity contribution in [2.75, 3.05) is 19.8 Å². The van der Waals surface area contributed by atoms with E-state index < -0.39 is 4.87 Å². The van der Waals surface area contributed by atoms with Gasteiger partial charge >= 0.3 is 0 Å². The predicted octanol–water partition coefficient (Wildman–Crippen LogP) is 5.09. The average molecular weight is 529 g/mol. The summed E-state index contributed by atoms with van der Waals surface area (Å²) in [7, 11) is 7.04. The van der Waals surface area contributed by atoms with Gasteiger partial charge in [0.2, 0.25) is 0 Å². The van der Waals surface area contributed by atoms with Crippen LogP contribution in [0.5, 0.6) is 0 Å². The standard InChI is InChI=1S/C28H38ClN4O2P/c1-16-8-9-27(29)14-18-13-23(34)22(33(2)3)15-26(18)10-11-28(27,35-26)19(16)5-7-24(36)17-4-6-20-21(12-17)32-25(30)31-20/h4,6-7,12,14,16,19,22-23,34H,5,8-11,13,15,36H2,1-3H3,(H3,30,31,32)/b24-7-/t16?,19?,22-,23?,26+,27?,28-/m0/s1. The van der Waals surface area contributed by atoms with Crippen molar-refractivity contribution in [1.82, 2.24) is 14.9 Å². The summed E-state index contributed by atoms with van der Waals surface area (Å²) in [6.45, 7) is 2.37. The molecule has 2 saturated carbocycles. The number of allylic oxidation sites excluding steroid dienone is 1. The topological polar surface area (TPSA) is 87.4 Å². The number of H-pyrrole nitrogens is 1. The van der Waals surface area contributed by atoms with Gasteiger partial charge in [0.1, 0.15) is 0 Å². The first-order chi connectivity index (χ1) is 17.1. The lowest BCUT2D eigenvalue weighted by atomic mass is 9.60. The molecule has 4 N–H and O–H groups in total. The van der Waals surface area contributed by atoms with Crippen LogP contribution in [0.3, 0.4) is 0 Å². The van der Waals surface area contributed by atoms with Crippen LogP contribution >= 0.6 is 20.8 Å². The number of benzene rings is 1. The second kappa shape index (κ2) is 8.54. The Balaban J connectivity index is 1.33. The number of imidazole rings is 1. The van der Waals surface area contributed by atoms with Gasteiger partial charge in [0.15, 0.2) is 5.95 Å². The van der Waals surface area contributed by atoms with Crippen LogP contribution < -0.4 is 5.73 Å². The molecule has 5 unspecified atom stereocenters. The van der Waals surface area contributed by atoms with Gasteiger partial charge in [0.25, 0.3) is 0 Å². The number of ether oxygens (including phenoxy) is 1. The number of rotatable bonds is 4. The van der Waals surface area contributed by atoms with Gasteiger partial charge in [-0.25, -0.2) is 4.98 Å². The maximum atomic E-state index is 10.9. The highest BCUT2D eigenvalue weighted by Crippen LogP contribution is 2.66. The normalized spacial score (nSPS) is 40.3. The third-order valence-electron chi connectivity index (χ3n) is 9.72. The minimum Gasteiger partial charge on any atom is -0.391 e. The lowest BCUT2D eigenvalue weighted by Gasteiger charge is -2.59. The van der Waals surface area contributed by atoms with E-state index in [0.717, 1.165) is 60.4 Å². The number of hydrogen-bond donors (Lipinski definition) is 3. The molecule has 2 aliphatic carbocycles. The van der Waals surface area contributed by atoms with Gasteiger partial charge in [-0.3, -0.25) is 0 Å². The molecule has 194 valence electrons. The number of anilines is 1. The Labute approximate surface area is 220 Å². The molecule has 1 aromatic heterocycles. The summed E-state index contributed by atoms with van der Waals surface area (Å²) in [5.74, 6) is 1.28. The van der Waals surface area contributed by atoms with E-state index in [-0.39, 0.29) is 23.3 Å². The van der Waals surface area contributed by atoms with E-state index in [4.69, 9.17) is 22.1 Å². The zero-order chi connectivity index (χ0) is 25.5. The van der Waals surface area contributed by atoms with E-state index in [2.05, 4.69) is 69.4 Å². The van der Waals surface area contributed by atoms with E-state index in [1.54, 1.807) is 0 Å². The summed E-state index contributed by atoms with van der Waals surface area (Å²) in [5.41, 5.74) is 9.37. The first-order valence-electron chi connectivity index (χ1n) is 13.2. The maximum absolute atomic E-state index is 10.9. The Hall–Kier alpha value is -1.43. The monoisotopic (exact) mass is 528 g/mol. The summed E-state index contributed by atoms with van der Waals surface area (Å²) in [5, 5.41) is 12.1. The average Bonchev–Trinajstić information content (AvgIpc) is 3.37. The van der Waals surface area contributed by atoms with Gasteiger partial charge in [0.05, 0.1) is 33.2 Å². The molecule has 3 fully saturated rings. The van der Waals surface area contributed by atoms with Gasteiger partial charge in [-0.1, -0.05) is 25.1 Å². The Kier molecular flexibility index (Phi) is 5.90. The van der Waals surface area contributed by atoms with Crippen molar-refractivity contribution < 1.29 is 9.84 Å². The number of aromatic nitrogens is 2. The number of hydrogen-bond acceptors (Lipinski definition) is 5. The highest BCUT2D eigenvalue weighted by molar-refractivity contribution is 7.31. The van der Waals surface area contributed by atoms with Crippen molar-refractivity contribution in [3.8, 4) is 0 Å². The summed E-state index contributed by atoms with van der Waals surface area (Å²) in [6.07, 6.45) is 10.7. The molecule has 36 heavy (non-hydrogen) atoms. The first kappa shape index (κ1) is 24.9. The second-order valence-corrected chi connectivity index (χ2v) is 13.2. The molecular weight excluding hydrogens is 491 g/mol. The molecule has 2 spiro atoms. The summed E-state index contributed by atoms with van der Waals surface area (Å²) >= 11 is 7.54. The minimum absolute atomic E-state index is 0.101. The molecule has 1 saturated heterocycles. The molecule has 1 aromatic carbocycles. The van der Waals surface area contributed by atoms with Crippen molar-refractivity contribution in [3.05, 3.63) is 41.5 Å². The largest absolute Gasteiger partial charge is 0.391 e. The molecule has 2 aliphatic heterocycles. The summed E-state index contributed by atoms with van der Waals surface area (Å²) in [6, 6.07) is 6.32. The molecule has 6 nitrogen and oxygen atoms in total. The number of nitrogen functional groups attached to an aromatic ring is 1.